The number of fused-ring (bicyclic) bond motifs is 1. The normalized spacial score (nSPS) is 13.5. The van der Waals surface area contributed by atoms with Crippen molar-refractivity contribution in [3.8, 4) is 0 Å². The summed E-state index contributed by atoms with van der Waals surface area (Å²) >= 11 is 6.13. The van der Waals surface area contributed by atoms with E-state index in [2.05, 4.69) is 5.32 Å². The zero-order chi connectivity index (χ0) is 27.4. The van der Waals surface area contributed by atoms with E-state index in [4.69, 9.17) is 11.6 Å². The summed E-state index contributed by atoms with van der Waals surface area (Å²) in [7, 11) is 0. The van der Waals surface area contributed by atoms with Crippen LogP contribution in [-0.2, 0) is 12.8 Å². The highest BCUT2D eigenvalue weighted by molar-refractivity contribution is 6.30. The Balaban J connectivity index is 1.62. The molecule has 2 N–H and O–H groups in total. The number of alkyl halides is 2. The summed E-state index contributed by atoms with van der Waals surface area (Å²) in [5.74, 6) is -4.51. The van der Waals surface area contributed by atoms with Gasteiger partial charge in [-0.2, -0.15) is 0 Å². The topological polar surface area (TPSA) is 49.3 Å². The molecule has 4 aromatic rings. The second kappa shape index (κ2) is 11.6. The fraction of sp³-hybridized carbons (Fsp3) is 0.258. The van der Waals surface area contributed by atoms with Gasteiger partial charge in [0.2, 0.25) is 0 Å². The van der Waals surface area contributed by atoms with Gasteiger partial charge in [-0.15, -0.1) is 0 Å². The van der Waals surface area contributed by atoms with Crippen molar-refractivity contribution in [2.24, 2.45) is 5.92 Å². The van der Waals surface area contributed by atoms with Gasteiger partial charge in [-0.1, -0.05) is 86.1 Å². The predicted octanol–water partition coefficient (Wildman–Crippen LogP) is 7.54. The molecule has 0 heterocycles. The van der Waals surface area contributed by atoms with Crippen molar-refractivity contribution < 1.29 is 23.1 Å². The van der Waals surface area contributed by atoms with Crippen molar-refractivity contribution in [1.82, 2.24) is 5.32 Å². The van der Waals surface area contributed by atoms with Crippen LogP contribution in [0.4, 0.5) is 13.2 Å². The summed E-state index contributed by atoms with van der Waals surface area (Å²) in [4.78, 5) is 13.4. The molecular formula is C31H29ClF3NO2. The van der Waals surface area contributed by atoms with E-state index >= 15 is 0 Å². The van der Waals surface area contributed by atoms with Crippen LogP contribution >= 0.6 is 11.6 Å². The van der Waals surface area contributed by atoms with E-state index in [0.717, 1.165) is 5.56 Å². The molecule has 0 aromatic heterocycles. The molecule has 0 fully saturated rings. The lowest BCUT2D eigenvalue weighted by Crippen LogP contribution is -2.41. The van der Waals surface area contributed by atoms with Crippen LogP contribution in [-0.4, -0.2) is 23.0 Å². The van der Waals surface area contributed by atoms with Crippen molar-refractivity contribution in [2.45, 2.75) is 44.8 Å². The second-order valence-corrected chi connectivity index (χ2v) is 10.3. The van der Waals surface area contributed by atoms with Crippen LogP contribution in [0.2, 0.25) is 5.02 Å². The third-order valence-corrected chi connectivity index (χ3v) is 7.00. The summed E-state index contributed by atoms with van der Waals surface area (Å²) in [5.41, 5.74) is 2.04. The van der Waals surface area contributed by atoms with Crippen LogP contribution in [0.25, 0.3) is 10.8 Å². The Morgan fingerprint density at radius 1 is 0.921 bits per heavy atom. The molecule has 2 unspecified atom stereocenters. The van der Waals surface area contributed by atoms with Gasteiger partial charge in [0.15, 0.2) is 0 Å². The maximum atomic E-state index is 14.3. The van der Waals surface area contributed by atoms with Crippen LogP contribution in [0.3, 0.4) is 0 Å². The summed E-state index contributed by atoms with van der Waals surface area (Å²) in [6.07, 6.45) is -1.26. The largest absolute Gasteiger partial charge is 0.386 e. The molecule has 0 saturated heterocycles. The number of amides is 1. The number of hydrogen-bond acceptors (Lipinski definition) is 2. The smallest absolute Gasteiger partial charge is 0.254 e. The zero-order valence-electron chi connectivity index (χ0n) is 21.1. The summed E-state index contributed by atoms with van der Waals surface area (Å²) in [6.45, 7) is 2.98. The number of nitrogens with one attached hydrogen (secondary N) is 1. The van der Waals surface area contributed by atoms with E-state index in [-0.39, 0.29) is 18.4 Å². The van der Waals surface area contributed by atoms with E-state index in [1.165, 1.54) is 26.0 Å². The molecular weight excluding hydrogens is 511 g/mol. The highest BCUT2D eigenvalue weighted by Gasteiger charge is 2.33. The molecule has 0 aliphatic carbocycles. The first-order chi connectivity index (χ1) is 18.0. The van der Waals surface area contributed by atoms with Gasteiger partial charge >= 0.3 is 0 Å². The van der Waals surface area contributed by atoms with Gasteiger partial charge in [0.05, 0.1) is 12.1 Å². The maximum absolute atomic E-state index is 14.3. The molecule has 38 heavy (non-hydrogen) atoms. The SMILES string of the molecule is CC(C)C(F)(F)Cc1ccc(CC(NC(=O)c2ccc(F)c3ccccc23)C(O)c2cccc(Cl)c2)cc1. The molecule has 0 aliphatic heterocycles. The van der Waals surface area contributed by atoms with E-state index in [1.54, 1.807) is 72.8 Å². The Morgan fingerprint density at radius 3 is 2.24 bits per heavy atom. The number of aliphatic hydroxyl groups excluding tert-OH is 1. The number of halogens is 4. The first-order valence-electron chi connectivity index (χ1n) is 12.4. The lowest BCUT2D eigenvalue weighted by molar-refractivity contribution is -0.0439. The van der Waals surface area contributed by atoms with Crippen LogP contribution in [0, 0.1) is 11.7 Å². The Bertz CT molecular complexity index is 1420. The zero-order valence-corrected chi connectivity index (χ0v) is 21.9. The van der Waals surface area contributed by atoms with Gasteiger partial charge in [0.25, 0.3) is 11.8 Å². The first kappa shape index (κ1) is 27.7. The van der Waals surface area contributed by atoms with Gasteiger partial charge in [0.1, 0.15) is 5.82 Å². The minimum Gasteiger partial charge on any atom is -0.386 e. The third-order valence-electron chi connectivity index (χ3n) is 6.77. The van der Waals surface area contributed by atoms with Crippen LogP contribution in [0.5, 0.6) is 0 Å². The van der Waals surface area contributed by atoms with E-state index in [0.29, 0.717) is 26.9 Å². The molecule has 7 heteroatoms. The number of rotatable bonds is 9. The fourth-order valence-corrected chi connectivity index (χ4v) is 4.59. The molecule has 0 bridgehead atoms. The number of hydrogen-bond donors (Lipinski definition) is 2. The third kappa shape index (κ3) is 6.37. The quantitative estimate of drug-likeness (QED) is 0.231. The van der Waals surface area contributed by atoms with Crippen LogP contribution in [0.15, 0.2) is 84.9 Å². The highest BCUT2D eigenvalue weighted by atomic mass is 35.5. The van der Waals surface area contributed by atoms with Gasteiger partial charge < -0.3 is 10.4 Å². The number of aliphatic hydroxyl groups is 1. The molecule has 1 amide bonds. The van der Waals surface area contributed by atoms with Crippen molar-refractivity contribution in [1.29, 1.82) is 0 Å². The lowest BCUT2D eigenvalue weighted by atomic mass is 9.93. The van der Waals surface area contributed by atoms with E-state index in [9.17, 15) is 23.1 Å². The Morgan fingerprint density at radius 2 is 1.58 bits per heavy atom. The minimum absolute atomic E-state index is 0.222. The second-order valence-electron chi connectivity index (χ2n) is 9.83. The number of carbonyl (C=O) groups excluding carboxylic acids is 1. The number of benzene rings is 4. The van der Waals surface area contributed by atoms with Crippen molar-refractivity contribution in [3.05, 3.63) is 118 Å². The Kier molecular flexibility index (Phi) is 8.44. The summed E-state index contributed by atoms with van der Waals surface area (Å²) < 4.78 is 42.7. The van der Waals surface area contributed by atoms with Crippen LogP contribution < -0.4 is 5.32 Å². The summed E-state index contributed by atoms with van der Waals surface area (Å²) in [6, 6.07) is 22.0. The van der Waals surface area contributed by atoms with Gasteiger partial charge in [-0.25, -0.2) is 13.2 Å². The Labute approximate surface area is 225 Å². The molecule has 0 aliphatic rings. The highest BCUT2D eigenvalue weighted by Crippen LogP contribution is 2.29. The first-order valence-corrected chi connectivity index (χ1v) is 12.8. The molecule has 0 radical (unpaired) electrons. The van der Waals surface area contributed by atoms with Gasteiger partial charge in [-0.05, 0) is 52.8 Å². The minimum atomic E-state index is -2.82. The maximum Gasteiger partial charge on any atom is 0.254 e. The van der Waals surface area contributed by atoms with Crippen molar-refractivity contribution >= 4 is 28.3 Å². The molecule has 0 spiro atoms. The van der Waals surface area contributed by atoms with E-state index < -0.39 is 35.7 Å². The molecule has 4 rings (SSSR count). The van der Waals surface area contributed by atoms with Gasteiger partial charge in [0, 0.05) is 28.3 Å². The molecule has 198 valence electrons. The molecule has 3 nitrogen and oxygen atoms in total. The average molecular weight is 540 g/mol. The molecule has 0 saturated carbocycles. The van der Waals surface area contributed by atoms with E-state index in [1.807, 2.05) is 0 Å². The lowest BCUT2D eigenvalue weighted by Gasteiger charge is -2.26. The molecule has 2 atom stereocenters. The fourth-order valence-electron chi connectivity index (χ4n) is 4.39. The monoisotopic (exact) mass is 539 g/mol. The number of carbonyl (C=O) groups is 1. The van der Waals surface area contributed by atoms with Crippen molar-refractivity contribution in [3.63, 3.8) is 0 Å². The molecule has 4 aromatic carbocycles. The standard InChI is InChI=1S/C31H29ClF3NO2/c1-19(2)31(34,35)18-21-12-10-20(11-13-21)16-28(29(37)22-6-5-7-23(32)17-22)36-30(38)26-14-15-27(33)25-9-4-3-8-24(25)26/h3-15,17,19,28-29,37H,16,18H2,1-2H3,(H,36,38). The van der Waals surface area contributed by atoms with Crippen molar-refractivity contribution in [2.75, 3.05) is 0 Å². The predicted molar refractivity (Wildman–Crippen MR) is 145 cm³/mol. The van der Waals surface area contributed by atoms with Gasteiger partial charge in [-0.3, -0.25) is 4.79 Å². The van der Waals surface area contributed by atoms with Crippen LogP contribution in [0.1, 0.15) is 47.0 Å². The average Bonchev–Trinajstić information content (AvgIpc) is 2.89. The summed E-state index contributed by atoms with van der Waals surface area (Å²) in [5, 5.41) is 15.4. The Hall–Kier alpha value is -3.35.